The summed E-state index contributed by atoms with van der Waals surface area (Å²) < 4.78 is 40.9. The maximum absolute atomic E-state index is 12.9. The lowest BCUT2D eigenvalue weighted by Gasteiger charge is -2.08. The first kappa shape index (κ1) is 18.0. The number of hydrogen-bond donors (Lipinski definition) is 2. The van der Waals surface area contributed by atoms with E-state index in [0.717, 1.165) is 29.7 Å². The molecule has 0 atom stereocenters. The summed E-state index contributed by atoms with van der Waals surface area (Å²) in [5, 5.41) is 9.47. The van der Waals surface area contributed by atoms with Crippen LogP contribution in [0.15, 0.2) is 29.1 Å². The molecule has 140 valence electrons. The van der Waals surface area contributed by atoms with E-state index in [2.05, 4.69) is 15.7 Å². The second-order valence-electron chi connectivity index (χ2n) is 6.14. The summed E-state index contributed by atoms with van der Waals surface area (Å²) in [6, 6.07) is 4.55. The van der Waals surface area contributed by atoms with Crippen LogP contribution in [0.1, 0.15) is 18.4 Å². The fraction of sp³-hybridized carbons (Fsp3) is 0.438. The second kappa shape index (κ2) is 6.85. The summed E-state index contributed by atoms with van der Waals surface area (Å²) in [5.41, 5.74) is -1.09. The van der Waals surface area contributed by atoms with Gasteiger partial charge in [-0.05, 0) is 25.0 Å². The standard InChI is InChI=1S/C16H18F3N5O2/c1-23-13(10-3-2-4-11(9-10)16(17,18)19)22-24(15(23)26)8-7-20-14(25)21-12-5-6-12/h2-4,9,12H,5-8H2,1H3,(H2,20,21,25). The van der Waals surface area contributed by atoms with E-state index < -0.39 is 17.4 Å². The number of carbonyl (C=O) groups excluding carboxylic acids is 1. The Kier molecular flexibility index (Phi) is 4.75. The molecule has 1 aromatic carbocycles. The predicted octanol–water partition coefficient (Wildman–Crippen LogP) is 1.73. The molecule has 1 aliphatic rings. The maximum atomic E-state index is 12.9. The third-order valence-corrected chi connectivity index (χ3v) is 4.01. The van der Waals surface area contributed by atoms with Gasteiger partial charge >= 0.3 is 17.9 Å². The van der Waals surface area contributed by atoms with Gasteiger partial charge in [0.05, 0.1) is 12.1 Å². The van der Waals surface area contributed by atoms with Gasteiger partial charge in [0.25, 0.3) is 0 Å². The zero-order valence-electron chi connectivity index (χ0n) is 14.0. The van der Waals surface area contributed by atoms with E-state index in [1.165, 1.54) is 23.7 Å². The highest BCUT2D eigenvalue weighted by Gasteiger charge is 2.31. The van der Waals surface area contributed by atoms with E-state index >= 15 is 0 Å². The summed E-state index contributed by atoms with van der Waals surface area (Å²) in [4.78, 5) is 23.8. The lowest BCUT2D eigenvalue weighted by molar-refractivity contribution is -0.137. The zero-order chi connectivity index (χ0) is 18.9. The second-order valence-corrected chi connectivity index (χ2v) is 6.14. The number of aromatic nitrogens is 3. The summed E-state index contributed by atoms with van der Waals surface area (Å²) in [6.07, 6.45) is -2.54. The Balaban J connectivity index is 1.73. The van der Waals surface area contributed by atoms with Gasteiger partial charge in [-0.25, -0.2) is 14.3 Å². The van der Waals surface area contributed by atoms with Gasteiger partial charge in [0.2, 0.25) is 0 Å². The number of benzene rings is 1. The fourth-order valence-electron chi connectivity index (χ4n) is 2.46. The molecule has 0 aliphatic heterocycles. The number of amides is 2. The molecule has 1 aliphatic carbocycles. The quantitative estimate of drug-likeness (QED) is 0.842. The smallest absolute Gasteiger partial charge is 0.336 e. The first-order valence-electron chi connectivity index (χ1n) is 8.11. The third-order valence-electron chi connectivity index (χ3n) is 4.01. The number of nitrogens with one attached hydrogen (secondary N) is 2. The number of hydrogen-bond acceptors (Lipinski definition) is 3. The SMILES string of the molecule is Cn1c(-c2cccc(C(F)(F)F)c2)nn(CCNC(=O)NC2CC2)c1=O. The molecule has 0 saturated heterocycles. The number of halogens is 3. The highest BCUT2D eigenvalue weighted by atomic mass is 19.4. The average Bonchev–Trinajstić information content (AvgIpc) is 3.35. The van der Waals surface area contributed by atoms with Crippen LogP contribution in [0.3, 0.4) is 0 Å². The lowest BCUT2D eigenvalue weighted by Crippen LogP contribution is -2.39. The van der Waals surface area contributed by atoms with Gasteiger partial charge < -0.3 is 10.6 Å². The molecule has 7 nitrogen and oxygen atoms in total. The molecule has 2 N–H and O–H groups in total. The summed E-state index contributed by atoms with van der Waals surface area (Å²) in [6.45, 7) is 0.293. The van der Waals surface area contributed by atoms with Crippen LogP contribution in [-0.2, 0) is 19.8 Å². The van der Waals surface area contributed by atoms with Crippen molar-refractivity contribution in [2.45, 2.75) is 31.6 Å². The van der Waals surface area contributed by atoms with Crippen LogP contribution in [-0.4, -0.2) is 33.0 Å². The van der Waals surface area contributed by atoms with Crippen LogP contribution in [0.2, 0.25) is 0 Å². The summed E-state index contributed by atoms with van der Waals surface area (Å²) in [5.74, 6) is 0.128. The molecule has 3 rings (SSSR count). The molecule has 1 fully saturated rings. The van der Waals surface area contributed by atoms with Crippen molar-refractivity contribution < 1.29 is 18.0 Å². The average molecular weight is 369 g/mol. The number of urea groups is 1. The predicted molar refractivity (Wildman–Crippen MR) is 87.5 cm³/mol. The Morgan fingerprint density at radius 1 is 1.35 bits per heavy atom. The van der Waals surface area contributed by atoms with Crippen molar-refractivity contribution in [2.75, 3.05) is 6.54 Å². The third kappa shape index (κ3) is 4.06. The topological polar surface area (TPSA) is 81.0 Å². The molecule has 0 unspecified atom stereocenters. The monoisotopic (exact) mass is 369 g/mol. The van der Waals surface area contributed by atoms with E-state index in [1.807, 2.05) is 0 Å². The Morgan fingerprint density at radius 3 is 2.73 bits per heavy atom. The van der Waals surface area contributed by atoms with E-state index in [0.29, 0.717) is 0 Å². The van der Waals surface area contributed by atoms with E-state index in [9.17, 15) is 22.8 Å². The summed E-state index contributed by atoms with van der Waals surface area (Å²) >= 11 is 0. The van der Waals surface area contributed by atoms with Crippen molar-refractivity contribution in [1.29, 1.82) is 0 Å². The summed E-state index contributed by atoms with van der Waals surface area (Å²) in [7, 11) is 1.44. The molecule has 10 heteroatoms. The van der Waals surface area contributed by atoms with Crippen molar-refractivity contribution in [3.63, 3.8) is 0 Å². The van der Waals surface area contributed by atoms with Crippen LogP contribution in [0, 0.1) is 0 Å². The fourth-order valence-corrected chi connectivity index (χ4v) is 2.46. The van der Waals surface area contributed by atoms with Gasteiger partial charge in [0.1, 0.15) is 0 Å². The van der Waals surface area contributed by atoms with Gasteiger partial charge in [-0.1, -0.05) is 12.1 Å². The molecule has 1 aromatic heterocycles. The minimum atomic E-state index is -4.48. The Hall–Kier alpha value is -2.78. The van der Waals surface area contributed by atoms with Gasteiger partial charge in [0.15, 0.2) is 5.82 Å². The van der Waals surface area contributed by atoms with Gasteiger partial charge in [-0.3, -0.25) is 4.57 Å². The molecule has 0 bridgehead atoms. The molecule has 1 heterocycles. The number of carbonyl (C=O) groups is 1. The lowest BCUT2D eigenvalue weighted by atomic mass is 10.1. The van der Waals surface area contributed by atoms with Crippen LogP contribution in [0.5, 0.6) is 0 Å². The van der Waals surface area contributed by atoms with E-state index in [-0.39, 0.29) is 36.6 Å². The van der Waals surface area contributed by atoms with Crippen LogP contribution in [0.4, 0.5) is 18.0 Å². The Labute approximate surface area is 146 Å². The molecule has 2 aromatic rings. The van der Waals surface area contributed by atoms with Crippen molar-refractivity contribution in [1.82, 2.24) is 25.0 Å². The molecule has 0 spiro atoms. The maximum Gasteiger partial charge on any atom is 0.416 e. The number of alkyl halides is 3. The van der Waals surface area contributed by atoms with Crippen LogP contribution in [0.25, 0.3) is 11.4 Å². The first-order chi connectivity index (χ1) is 12.3. The number of rotatable bonds is 5. The van der Waals surface area contributed by atoms with Crippen molar-refractivity contribution in [3.8, 4) is 11.4 Å². The minimum Gasteiger partial charge on any atom is -0.336 e. The molecule has 2 amide bonds. The largest absolute Gasteiger partial charge is 0.416 e. The van der Waals surface area contributed by atoms with Gasteiger partial charge in [-0.15, -0.1) is 5.10 Å². The molecule has 26 heavy (non-hydrogen) atoms. The first-order valence-corrected chi connectivity index (χ1v) is 8.11. The minimum absolute atomic E-state index is 0.115. The van der Waals surface area contributed by atoms with Gasteiger partial charge in [0, 0.05) is 25.2 Å². The molecule has 0 radical (unpaired) electrons. The number of nitrogens with zero attached hydrogens (tertiary/aromatic N) is 3. The molecule has 1 saturated carbocycles. The Morgan fingerprint density at radius 2 is 2.08 bits per heavy atom. The molecular formula is C16H18F3N5O2. The van der Waals surface area contributed by atoms with Crippen molar-refractivity contribution in [2.24, 2.45) is 7.05 Å². The molecular weight excluding hydrogens is 351 g/mol. The Bertz CT molecular complexity index is 868. The van der Waals surface area contributed by atoms with Crippen molar-refractivity contribution in [3.05, 3.63) is 40.3 Å². The van der Waals surface area contributed by atoms with E-state index in [4.69, 9.17) is 0 Å². The van der Waals surface area contributed by atoms with E-state index in [1.54, 1.807) is 0 Å². The zero-order valence-corrected chi connectivity index (χ0v) is 14.0. The highest BCUT2D eigenvalue weighted by molar-refractivity contribution is 5.74. The van der Waals surface area contributed by atoms with Crippen LogP contribution < -0.4 is 16.3 Å². The van der Waals surface area contributed by atoms with Crippen molar-refractivity contribution >= 4 is 6.03 Å². The highest BCUT2D eigenvalue weighted by Crippen LogP contribution is 2.31. The van der Waals surface area contributed by atoms with Crippen LogP contribution >= 0.6 is 0 Å². The van der Waals surface area contributed by atoms with Gasteiger partial charge in [-0.2, -0.15) is 13.2 Å². The normalized spacial score (nSPS) is 14.3.